The van der Waals surface area contributed by atoms with E-state index in [0.717, 1.165) is 22.4 Å². The zero-order chi connectivity index (χ0) is 17.3. The maximum absolute atomic E-state index is 12.7. The molecule has 3 nitrogen and oxygen atoms in total. The summed E-state index contributed by atoms with van der Waals surface area (Å²) in [5.41, 5.74) is 2.48. The van der Waals surface area contributed by atoms with Gasteiger partial charge in [0.05, 0.1) is 6.54 Å². The van der Waals surface area contributed by atoms with Crippen molar-refractivity contribution < 1.29 is 9.90 Å². The van der Waals surface area contributed by atoms with Gasteiger partial charge >= 0.3 is 0 Å². The molecule has 122 valence electrons. The zero-order valence-electron chi connectivity index (χ0n) is 14.0. The third kappa shape index (κ3) is 2.91. The molecule has 1 aliphatic heterocycles. The molecule has 0 spiro atoms. The number of carbonyl (C=O) groups excluding carboxylic acids is 1. The van der Waals surface area contributed by atoms with Crippen LogP contribution >= 0.6 is 0 Å². The van der Waals surface area contributed by atoms with Gasteiger partial charge in [0.1, 0.15) is 5.60 Å². The summed E-state index contributed by atoms with van der Waals surface area (Å²) < 4.78 is 0. The van der Waals surface area contributed by atoms with Crippen molar-refractivity contribution in [2.24, 2.45) is 0 Å². The van der Waals surface area contributed by atoms with Crippen molar-refractivity contribution in [2.45, 2.75) is 19.4 Å². The highest BCUT2D eigenvalue weighted by atomic mass is 16.3. The molecule has 0 aliphatic carbocycles. The first-order valence-electron chi connectivity index (χ1n) is 7.96. The van der Waals surface area contributed by atoms with Gasteiger partial charge in [-0.15, -0.1) is 0 Å². The molecule has 0 saturated carbocycles. The molecular formula is C21H21NO2. The Labute approximate surface area is 142 Å². The summed E-state index contributed by atoms with van der Waals surface area (Å²) in [4.78, 5) is 14.4. The van der Waals surface area contributed by atoms with Crippen LogP contribution in [0.25, 0.3) is 6.08 Å². The summed E-state index contributed by atoms with van der Waals surface area (Å²) in [6.07, 6.45) is 1.93. The molecule has 1 unspecified atom stereocenters. The number of hydrogen-bond acceptors (Lipinski definition) is 2. The van der Waals surface area contributed by atoms with Crippen LogP contribution < -0.4 is 4.90 Å². The van der Waals surface area contributed by atoms with Crippen molar-refractivity contribution >= 4 is 17.7 Å². The second kappa shape index (κ2) is 6.10. The van der Waals surface area contributed by atoms with Gasteiger partial charge in [-0.1, -0.05) is 55.1 Å². The topological polar surface area (TPSA) is 40.5 Å². The Morgan fingerprint density at radius 2 is 1.88 bits per heavy atom. The molecule has 0 aromatic heterocycles. The molecule has 1 fully saturated rings. The highest BCUT2D eigenvalue weighted by Gasteiger charge is 2.41. The minimum absolute atomic E-state index is 0.192. The molecule has 2 aromatic rings. The van der Waals surface area contributed by atoms with E-state index in [1.54, 1.807) is 11.8 Å². The Hall–Kier alpha value is -2.65. The van der Waals surface area contributed by atoms with Crippen LogP contribution in [0.1, 0.15) is 18.1 Å². The van der Waals surface area contributed by atoms with Crippen molar-refractivity contribution in [1.29, 1.82) is 0 Å². The molecule has 1 saturated heterocycles. The standard InChI is InChI=1S/C21H21NO2/c1-15-8-7-11-19(12-15)22-14-18(13-17-9-5-4-6-10-17)21(3,24)16(2)20(22)23/h4-13,24H,2,14H2,1,3H3/b18-13+. The van der Waals surface area contributed by atoms with Crippen LogP contribution in [-0.4, -0.2) is 23.2 Å². The van der Waals surface area contributed by atoms with Crippen LogP contribution in [0, 0.1) is 6.92 Å². The van der Waals surface area contributed by atoms with Crippen molar-refractivity contribution in [3.05, 3.63) is 83.4 Å². The normalized spacial score (nSPS) is 23.0. The first-order chi connectivity index (χ1) is 11.4. The lowest BCUT2D eigenvalue weighted by molar-refractivity contribution is -0.117. The monoisotopic (exact) mass is 319 g/mol. The number of carbonyl (C=O) groups is 1. The second-order valence-corrected chi connectivity index (χ2v) is 6.36. The van der Waals surface area contributed by atoms with Gasteiger partial charge in [0, 0.05) is 11.3 Å². The van der Waals surface area contributed by atoms with E-state index < -0.39 is 5.60 Å². The van der Waals surface area contributed by atoms with Crippen LogP contribution in [0.4, 0.5) is 5.69 Å². The third-order valence-electron chi connectivity index (χ3n) is 4.50. The van der Waals surface area contributed by atoms with E-state index in [-0.39, 0.29) is 11.5 Å². The first kappa shape index (κ1) is 16.2. The Bertz CT molecular complexity index is 819. The van der Waals surface area contributed by atoms with Gasteiger partial charge in [-0.3, -0.25) is 4.79 Å². The smallest absolute Gasteiger partial charge is 0.257 e. The van der Waals surface area contributed by atoms with Gasteiger partial charge in [0.15, 0.2) is 0 Å². The van der Waals surface area contributed by atoms with Crippen LogP contribution in [0.5, 0.6) is 0 Å². The molecule has 1 N–H and O–H groups in total. The Balaban J connectivity index is 2.04. The molecule has 0 radical (unpaired) electrons. The van der Waals surface area contributed by atoms with Crippen molar-refractivity contribution in [3.8, 4) is 0 Å². The highest BCUT2D eigenvalue weighted by Crippen LogP contribution is 2.35. The fourth-order valence-corrected chi connectivity index (χ4v) is 2.90. The van der Waals surface area contributed by atoms with Gasteiger partial charge in [-0.05, 0) is 42.7 Å². The molecule has 1 heterocycles. The first-order valence-corrected chi connectivity index (χ1v) is 7.96. The molecule has 3 heteroatoms. The fourth-order valence-electron chi connectivity index (χ4n) is 2.90. The maximum atomic E-state index is 12.7. The van der Waals surface area contributed by atoms with Crippen LogP contribution in [0.15, 0.2) is 72.3 Å². The summed E-state index contributed by atoms with van der Waals surface area (Å²) in [5.74, 6) is -0.240. The molecule has 0 bridgehead atoms. The second-order valence-electron chi connectivity index (χ2n) is 6.36. The van der Waals surface area contributed by atoms with E-state index in [0.29, 0.717) is 6.54 Å². The number of amides is 1. The average molecular weight is 319 g/mol. The number of piperidine rings is 1. The quantitative estimate of drug-likeness (QED) is 0.857. The number of nitrogens with zero attached hydrogens (tertiary/aromatic N) is 1. The predicted octanol–water partition coefficient (Wildman–Crippen LogP) is 3.73. The van der Waals surface area contributed by atoms with Crippen molar-refractivity contribution in [2.75, 3.05) is 11.4 Å². The lowest BCUT2D eigenvalue weighted by Gasteiger charge is -2.39. The summed E-state index contributed by atoms with van der Waals surface area (Å²) >= 11 is 0. The molecule has 3 rings (SSSR count). The van der Waals surface area contributed by atoms with E-state index in [2.05, 4.69) is 6.58 Å². The largest absolute Gasteiger partial charge is 0.381 e. The number of hydrogen-bond donors (Lipinski definition) is 1. The Morgan fingerprint density at radius 3 is 2.54 bits per heavy atom. The number of aliphatic hydroxyl groups is 1. The van der Waals surface area contributed by atoms with Gasteiger partial charge in [-0.25, -0.2) is 0 Å². The number of aryl methyl sites for hydroxylation is 1. The van der Waals surface area contributed by atoms with E-state index in [1.165, 1.54) is 0 Å². The van der Waals surface area contributed by atoms with Crippen LogP contribution in [0.3, 0.4) is 0 Å². The Morgan fingerprint density at radius 1 is 1.17 bits per heavy atom. The van der Waals surface area contributed by atoms with Crippen LogP contribution in [-0.2, 0) is 4.79 Å². The minimum Gasteiger partial charge on any atom is -0.381 e. The summed E-state index contributed by atoms with van der Waals surface area (Å²) in [6, 6.07) is 17.6. The number of anilines is 1. The minimum atomic E-state index is -1.34. The van der Waals surface area contributed by atoms with E-state index in [9.17, 15) is 9.90 Å². The fraction of sp³-hybridized carbons (Fsp3) is 0.190. The molecule has 2 aromatic carbocycles. The van der Waals surface area contributed by atoms with Gasteiger partial charge < -0.3 is 10.0 Å². The van der Waals surface area contributed by atoms with E-state index in [4.69, 9.17) is 0 Å². The average Bonchev–Trinajstić information content (AvgIpc) is 2.57. The van der Waals surface area contributed by atoms with Gasteiger partial charge in [0.2, 0.25) is 0 Å². The summed E-state index contributed by atoms with van der Waals surface area (Å²) in [7, 11) is 0. The molecule has 24 heavy (non-hydrogen) atoms. The predicted molar refractivity (Wildman–Crippen MR) is 97.7 cm³/mol. The summed E-state index contributed by atoms with van der Waals surface area (Å²) in [5, 5.41) is 10.8. The molecule has 1 aliphatic rings. The molecule has 1 amide bonds. The van der Waals surface area contributed by atoms with Crippen molar-refractivity contribution in [1.82, 2.24) is 0 Å². The third-order valence-corrected chi connectivity index (χ3v) is 4.50. The van der Waals surface area contributed by atoms with Crippen LogP contribution in [0.2, 0.25) is 0 Å². The van der Waals surface area contributed by atoms with Gasteiger partial charge in [0.25, 0.3) is 5.91 Å². The van der Waals surface area contributed by atoms with Crippen molar-refractivity contribution in [3.63, 3.8) is 0 Å². The number of rotatable bonds is 2. The van der Waals surface area contributed by atoms with E-state index in [1.807, 2.05) is 67.6 Å². The summed E-state index contributed by atoms with van der Waals surface area (Å²) in [6.45, 7) is 7.82. The lowest BCUT2D eigenvalue weighted by Crippen LogP contribution is -2.50. The maximum Gasteiger partial charge on any atom is 0.257 e. The molecular weight excluding hydrogens is 298 g/mol. The number of benzene rings is 2. The van der Waals surface area contributed by atoms with Gasteiger partial charge in [-0.2, -0.15) is 0 Å². The molecule has 1 atom stereocenters. The zero-order valence-corrected chi connectivity index (χ0v) is 14.0. The Kier molecular flexibility index (Phi) is 4.12. The van der Waals surface area contributed by atoms with E-state index >= 15 is 0 Å². The lowest BCUT2D eigenvalue weighted by atomic mass is 9.82. The highest BCUT2D eigenvalue weighted by molar-refractivity contribution is 6.09. The SMILES string of the molecule is C=C1C(=O)N(c2cccc(C)c2)C/C(=C\c2ccccc2)C1(C)O.